The average molecular weight is 666 g/mol. The standard InChI is InChI=1S/C32H64N3O9P/c1-5-6-7-8-9-10-11-12-13-14-15-16-17-18-19-23-30(37)43-28(25-36)26-42-45(40,41)44-32(39,27-35(2,3)4)31(38)29(34)22-20-21-24-33/h12-13,28-29,36,39H,5-11,14-27,33-34H2,1-4H3/b13-12-/t28-,29+,32?/m1/s1. The first kappa shape index (κ1) is 43.8. The molecule has 0 amide bonds. The molecule has 0 aromatic rings. The lowest BCUT2D eigenvalue weighted by molar-refractivity contribution is -0.878. The summed E-state index contributed by atoms with van der Waals surface area (Å²) in [6, 6.07) is -1.18. The second-order valence-corrected chi connectivity index (χ2v) is 14.3. The number of ketones is 1. The molecule has 45 heavy (non-hydrogen) atoms. The van der Waals surface area contributed by atoms with Crippen LogP contribution in [0.2, 0.25) is 0 Å². The third kappa shape index (κ3) is 23.7. The first-order valence-electron chi connectivity index (χ1n) is 16.8. The Morgan fingerprint density at radius 2 is 1.49 bits per heavy atom. The molecule has 0 aliphatic carbocycles. The van der Waals surface area contributed by atoms with Crippen LogP contribution in [0.4, 0.5) is 0 Å². The molecule has 266 valence electrons. The molecule has 0 rings (SSSR count). The van der Waals surface area contributed by atoms with Gasteiger partial charge in [0, 0.05) is 6.42 Å². The third-order valence-corrected chi connectivity index (χ3v) is 8.20. The van der Waals surface area contributed by atoms with Crippen molar-refractivity contribution >= 4 is 19.6 Å². The van der Waals surface area contributed by atoms with E-state index in [2.05, 4.69) is 19.1 Å². The summed E-state index contributed by atoms with van der Waals surface area (Å²) < 4.78 is 27.5. The van der Waals surface area contributed by atoms with Crippen LogP contribution in [0.1, 0.15) is 116 Å². The summed E-state index contributed by atoms with van der Waals surface area (Å²) in [6.07, 6.45) is 19.4. The molecule has 12 nitrogen and oxygen atoms in total. The van der Waals surface area contributed by atoms with Crippen molar-refractivity contribution in [2.24, 2.45) is 11.5 Å². The number of aliphatic hydroxyl groups excluding tert-OH is 1. The summed E-state index contributed by atoms with van der Waals surface area (Å²) in [5.41, 5.74) is 11.4. The SMILES string of the molecule is CCCCCCCC/C=C\CCCCCCCC(=O)O[C@H](CO)COP(=O)([O-])OC(O)(C[N+](C)(C)C)C(=O)[C@@H](N)CCCCN. The summed E-state index contributed by atoms with van der Waals surface area (Å²) in [5.74, 6) is -4.37. The summed E-state index contributed by atoms with van der Waals surface area (Å²) in [4.78, 5) is 37.8. The molecule has 0 aromatic carbocycles. The molecule has 0 aliphatic rings. The van der Waals surface area contributed by atoms with Gasteiger partial charge in [-0.05, 0) is 51.5 Å². The molecule has 6 N–H and O–H groups in total. The molecule has 0 saturated heterocycles. The van der Waals surface area contributed by atoms with E-state index in [-0.39, 0.29) is 17.3 Å². The van der Waals surface area contributed by atoms with Crippen LogP contribution >= 0.6 is 7.82 Å². The maximum absolute atomic E-state index is 13.0. The Labute approximate surface area is 272 Å². The number of ether oxygens (including phenoxy) is 1. The van der Waals surface area contributed by atoms with Gasteiger partial charge in [0.2, 0.25) is 5.78 Å². The van der Waals surface area contributed by atoms with Crippen LogP contribution in [0.25, 0.3) is 0 Å². The monoisotopic (exact) mass is 665 g/mol. The molecular weight excluding hydrogens is 601 g/mol. The van der Waals surface area contributed by atoms with Gasteiger partial charge >= 0.3 is 5.97 Å². The van der Waals surface area contributed by atoms with Crippen molar-refractivity contribution < 1.29 is 47.5 Å². The van der Waals surface area contributed by atoms with Crippen molar-refractivity contribution in [2.45, 2.75) is 134 Å². The number of phosphoric ester groups is 1. The normalized spacial score (nSPS) is 16.3. The van der Waals surface area contributed by atoms with Crippen molar-refractivity contribution in [3.05, 3.63) is 12.2 Å². The minimum absolute atomic E-state index is 0.0228. The number of hydrogen-bond acceptors (Lipinski definition) is 11. The number of esters is 1. The second-order valence-electron chi connectivity index (χ2n) is 13.0. The minimum atomic E-state index is -5.30. The zero-order valence-corrected chi connectivity index (χ0v) is 29.4. The van der Waals surface area contributed by atoms with Gasteiger partial charge in [-0.3, -0.25) is 18.7 Å². The third-order valence-electron chi connectivity index (χ3n) is 7.21. The van der Waals surface area contributed by atoms with Crippen LogP contribution in [0, 0.1) is 0 Å². The lowest BCUT2D eigenvalue weighted by Gasteiger charge is -2.38. The molecule has 0 bridgehead atoms. The first-order chi connectivity index (χ1) is 21.2. The number of Topliss-reactive ketones (excluding diaryl/α,β-unsaturated/α-hetero) is 1. The lowest BCUT2D eigenvalue weighted by Crippen LogP contribution is -2.59. The Bertz CT molecular complexity index is 869. The van der Waals surface area contributed by atoms with Gasteiger partial charge in [-0.1, -0.05) is 76.9 Å². The summed E-state index contributed by atoms with van der Waals surface area (Å²) in [7, 11) is -0.400. The van der Waals surface area contributed by atoms with Crippen LogP contribution in [0.3, 0.4) is 0 Å². The van der Waals surface area contributed by atoms with E-state index in [1.165, 1.54) is 38.5 Å². The number of hydrogen-bond donors (Lipinski definition) is 4. The van der Waals surface area contributed by atoms with Crippen molar-refractivity contribution in [3.63, 3.8) is 0 Å². The van der Waals surface area contributed by atoms with Crippen LogP contribution in [-0.4, -0.2) is 91.8 Å². The second kappa shape index (κ2) is 24.9. The van der Waals surface area contributed by atoms with E-state index in [9.17, 15) is 29.3 Å². The number of nitrogens with two attached hydrogens (primary N) is 2. The quantitative estimate of drug-likeness (QED) is 0.0217. The highest BCUT2D eigenvalue weighted by molar-refractivity contribution is 7.45. The number of quaternary nitrogens is 1. The molecule has 0 heterocycles. The van der Waals surface area contributed by atoms with Gasteiger partial charge < -0.3 is 40.3 Å². The maximum atomic E-state index is 13.0. The van der Waals surface area contributed by atoms with E-state index in [4.69, 9.17) is 25.3 Å². The Morgan fingerprint density at radius 3 is 2.02 bits per heavy atom. The van der Waals surface area contributed by atoms with Crippen molar-refractivity contribution in [1.82, 2.24) is 0 Å². The predicted molar refractivity (Wildman–Crippen MR) is 175 cm³/mol. The molecule has 0 saturated carbocycles. The number of aliphatic hydroxyl groups is 2. The molecular formula is C32H64N3O9P. The molecule has 4 atom stereocenters. The zero-order valence-electron chi connectivity index (χ0n) is 28.5. The fraction of sp³-hybridized carbons (Fsp3) is 0.875. The number of unbranched alkanes of at least 4 members (excludes halogenated alkanes) is 12. The highest BCUT2D eigenvalue weighted by Gasteiger charge is 2.47. The first-order valence-corrected chi connectivity index (χ1v) is 18.3. The van der Waals surface area contributed by atoms with Crippen LogP contribution in [0.5, 0.6) is 0 Å². The largest absolute Gasteiger partial charge is 0.756 e. The summed E-state index contributed by atoms with van der Waals surface area (Å²) in [6.45, 7) is 0.769. The molecule has 0 fully saturated rings. The number of allylic oxidation sites excluding steroid dienone is 2. The molecule has 0 radical (unpaired) electrons. The van der Waals surface area contributed by atoms with Crippen LogP contribution in [0.15, 0.2) is 12.2 Å². The van der Waals surface area contributed by atoms with E-state index < -0.39 is 57.3 Å². The highest BCUT2D eigenvalue weighted by atomic mass is 31.2. The Hall–Kier alpha value is -1.21. The fourth-order valence-electron chi connectivity index (χ4n) is 4.82. The number of likely N-dealkylation sites (N-methyl/N-ethyl adjacent to an activating group) is 1. The van der Waals surface area contributed by atoms with E-state index in [1.54, 1.807) is 21.1 Å². The van der Waals surface area contributed by atoms with Crippen molar-refractivity contribution in [3.8, 4) is 0 Å². The van der Waals surface area contributed by atoms with Gasteiger partial charge in [0.05, 0.1) is 40.4 Å². The Morgan fingerprint density at radius 1 is 0.933 bits per heavy atom. The maximum Gasteiger partial charge on any atom is 0.306 e. The Kier molecular flexibility index (Phi) is 24.2. The number of phosphoric acid groups is 1. The van der Waals surface area contributed by atoms with Gasteiger partial charge in [0.1, 0.15) is 12.6 Å². The molecule has 13 heteroatoms. The number of rotatable bonds is 30. The van der Waals surface area contributed by atoms with Crippen molar-refractivity contribution in [2.75, 3.05) is 47.4 Å². The van der Waals surface area contributed by atoms with Crippen molar-refractivity contribution in [1.29, 1.82) is 0 Å². The van der Waals surface area contributed by atoms with E-state index in [0.717, 1.165) is 38.5 Å². The highest BCUT2D eigenvalue weighted by Crippen LogP contribution is 2.43. The predicted octanol–water partition coefficient (Wildman–Crippen LogP) is 3.85. The molecule has 2 unspecified atom stereocenters. The number of carbonyl (C=O) groups is 2. The van der Waals surface area contributed by atoms with E-state index in [0.29, 0.717) is 25.8 Å². The summed E-state index contributed by atoms with van der Waals surface area (Å²) >= 11 is 0. The van der Waals surface area contributed by atoms with Gasteiger partial charge in [-0.15, -0.1) is 0 Å². The molecule has 0 spiro atoms. The van der Waals surface area contributed by atoms with E-state index >= 15 is 0 Å². The fourth-order valence-corrected chi connectivity index (χ4v) is 5.74. The topological polar surface area (TPSA) is 194 Å². The van der Waals surface area contributed by atoms with Gasteiger partial charge in [-0.25, -0.2) is 0 Å². The zero-order chi connectivity index (χ0) is 34.2. The number of nitrogens with zero attached hydrogens (tertiary/aromatic N) is 1. The van der Waals surface area contributed by atoms with E-state index in [1.807, 2.05) is 0 Å². The van der Waals surface area contributed by atoms with Crippen LogP contribution in [-0.2, 0) is 27.9 Å². The summed E-state index contributed by atoms with van der Waals surface area (Å²) in [5, 5.41) is 20.6. The lowest BCUT2D eigenvalue weighted by atomic mass is 9.99. The Balaban J connectivity index is 4.51. The van der Waals surface area contributed by atoms with Gasteiger partial charge in [0.15, 0.2) is 0 Å². The van der Waals surface area contributed by atoms with Crippen LogP contribution < -0.4 is 16.4 Å². The smallest absolute Gasteiger partial charge is 0.306 e. The van der Waals surface area contributed by atoms with Gasteiger partial charge in [0.25, 0.3) is 13.6 Å². The minimum Gasteiger partial charge on any atom is -0.756 e. The average Bonchev–Trinajstić information content (AvgIpc) is 2.95. The molecule has 0 aliphatic heterocycles. The number of carbonyl (C=O) groups excluding carboxylic acids is 2. The molecule has 0 aromatic heterocycles. The van der Waals surface area contributed by atoms with Gasteiger partial charge in [-0.2, -0.15) is 0 Å².